The van der Waals surface area contributed by atoms with Gasteiger partial charge in [-0.2, -0.15) is 0 Å². The van der Waals surface area contributed by atoms with Gasteiger partial charge in [-0.1, -0.05) is 32.2 Å². The van der Waals surface area contributed by atoms with Crippen LogP contribution in [0.2, 0.25) is 0 Å². The van der Waals surface area contributed by atoms with Gasteiger partial charge in [-0.25, -0.2) is 0 Å². The van der Waals surface area contributed by atoms with Crippen LogP contribution in [-0.2, 0) is 9.53 Å². The van der Waals surface area contributed by atoms with E-state index in [0.29, 0.717) is 13.1 Å². The highest BCUT2D eigenvalue weighted by Gasteiger charge is 2.02. The van der Waals surface area contributed by atoms with E-state index >= 15 is 0 Å². The van der Waals surface area contributed by atoms with E-state index in [0.717, 1.165) is 48.3 Å². The van der Waals surface area contributed by atoms with Gasteiger partial charge in [0.25, 0.3) is 6.47 Å². The zero-order valence-corrected chi connectivity index (χ0v) is 12.1. The summed E-state index contributed by atoms with van der Waals surface area (Å²) in [6.45, 7) is 10.9. The Labute approximate surface area is 120 Å². The van der Waals surface area contributed by atoms with Gasteiger partial charge in [0.1, 0.15) is 5.75 Å². The fourth-order valence-corrected chi connectivity index (χ4v) is 1.82. The van der Waals surface area contributed by atoms with Crippen molar-refractivity contribution >= 4 is 12.0 Å². The largest absolute Gasteiger partial charge is 0.468 e. The van der Waals surface area contributed by atoms with E-state index in [9.17, 15) is 4.79 Å². The van der Waals surface area contributed by atoms with E-state index in [1.54, 1.807) is 0 Å². The number of ether oxygens (including phenoxy) is 2. The van der Waals surface area contributed by atoms with Crippen molar-refractivity contribution in [2.45, 2.75) is 32.6 Å². The highest BCUT2D eigenvalue weighted by Crippen LogP contribution is 2.22. The van der Waals surface area contributed by atoms with Crippen molar-refractivity contribution in [2.75, 3.05) is 6.61 Å². The standard InChI is InChI=1S/C17H22O3/c1-4-6-15(3)20-17-10-8-16(9-11-17)14(2)7-5-12-19-13-18/h8-11,13H,2-7,12H2,1H3. The Morgan fingerprint density at radius 1 is 1.20 bits per heavy atom. The van der Waals surface area contributed by atoms with Crippen LogP contribution in [0.5, 0.6) is 5.75 Å². The molecule has 0 bridgehead atoms. The van der Waals surface area contributed by atoms with Crippen molar-refractivity contribution in [3.05, 3.63) is 48.7 Å². The van der Waals surface area contributed by atoms with Gasteiger partial charge in [0, 0.05) is 6.42 Å². The van der Waals surface area contributed by atoms with E-state index in [1.807, 2.05) is 24.3 Å². The highest BCUT2D eigenvalue weighted by molar-refractivity contribution is 5.63. The summed E-state index contributed by atoms with van der Waals surface area (Å²) < 4.78 is 10.3. The lowest BCUT2D eigenvalue weighted by molar-refractivity contribution is -0.128. The first-order valence-corrected chi connectivity index (χ1v) is 6.86. The zero-order chi connectivity index (χ0) is 14.8. The Hall–Kier alpha value is -2.03. The molecule has 0 spiro atoms. The van der Waals surface area contributed by atoms with Gasteiger partial charge in [-0.05, 0) is 42.5 Å². The second-order valence-electron chi connectivity index (χ2n) is 4.59. The Morgan fingerprint density at radius 2 is 1.90 bits per heavy atom. The van der Waals surface area contributed by atoms with Crippen LogP contribution in [0.15, 0.2) is 43.2 Å². The fraction of sp³-hybridized carbons (Fsp3) is 0.353. The first kappa shape index (κ1) is 16.0. The molecule has 0 aliphatic carbocycles. The second-order valence-corrected chi connectivity index (χ2v) is 4.59. The molecule has 1 aromatic rings. The van der Waals surface area contributed by atoms with Gasteiger partial charge >= 0.3 is 0 Å². The van der Waals surface area contributed by atoms with E-state index in [2.05, 4.69) is 24.8 Å². The first-order valence-electron chi connectivity index (χ1n) is 6.86. The minimum absolute atomic E-state index is 0.431. The molecule has 0 aromatic heterocycles. The summed E-state index contributed by atoms with van der Waals surface area (Å²) in [5.74, 6) is 1.58. The van der Waals surface area contributed by atoms with Crippen molar-refractivity contribution in [3.8, 4) is 5.75 Å². The predicted molar refractivity (Wildman–Crippen MR) is 81.4 cm³/mol. The number of rotatable bonds is 10. The van der Waals surface area contributed by atoms with Gasteiger partial charge in [0.2, 0.25) is 0 Å². The number of hydrogen-bond donors (Lipinski definition) is 0. The number of hydrogen-bond acceptors (Lipinski definition) is 3. The molecular weight excluding hydrogens is 252 g/mol. The van der Waals surface area contributed by atoms with Crippen molar-refractivity contribution in [1.82, 2.24) is 0 Å². The Balaban J connectivity index is 2.46. The van der Waals surface area contributed by atoms with Crippen molar-refractivity contribution in [2.24, 2.45) is 0 Å². The molecule has 1 rings (SSSR count). The minimum Gasteiger partial charge on any atom is -0.468 e. The third kappa shape index (κ3) is 5.74. The molecule has 0 heterocycles. The quantitative estimate of drug-likeness (QED) is 0.361. The molecule has 0 amide bonds. The molecule has 0 N–H and O–H groups in total. The highest BCUT2D eigenvalue weighted by atomic mass is 16.5. The summed E-state index contributed by atoms with van der Waals surface area (Å²) >= 11 is 0. The molecule has 0 fully saturated rings. The normalized spacial score (nSPS) is 9.85. The monoisotopic (exact) mass is 274 g/mol. The molecule has 0 aliphatic heterocycles. The summed E-state index contributed by atoms with van der Waals surface area (Å²) in [6.07, 6.45) is 3.47. The van der Waals surface area contributed by atoms with Crippen LogP contribution in [0.4, 0.5) is 0 Å². The van der Waals surface area contributed by atoms with Gasteiger partial charge < -0.3 is 9.47 Å². The van der Waals surface area contributed by atoms with Crippen LogP contribution in [-0.4, -0.2) is 13.1 Å². The van der Waals surface area contributed by atoms with Crippen molar-refractivity contribution in [3.63, 3.8) is 0 Å². The molecule has 108 valence electrons. The number of carbonyl (C=O) groups excluding carboxylic acids is 1. The van der Waals surface area contributed by atoms with Gasteiger partial charge in [0.15, 0.2) is 0 Å². The molecule has 3 nitrogen and oxygen atoms in total. The Kier molecular flexibility index (Phi) is 7.18. The molecule has 0 saturated carbocycles. The van der Waals surface area contributed by atoms with Crippen LogP contribution < -0.4 is 4.74 Å². The minimum atomic E-state index is 0.431. The summed E-state index contributed by atoms with van der Waals surface area (Å²) in [4.78, 5) is 10.0. The summed E-state index contributed by atoms with van der Waals surface area (Å²) in [6, 6.07) is 7.81. The van der Waals surface area contributed by atoms with Gasteiger partial charge in [-0.15, -0.1) is 0 Å². The molecule has 0 aliphatic rings. The molecule has 3 heteroatoms. The average molecular weight is 274 g/mol. The number of carbonyl (C=O) groups is 1. The molecular formula is C17H22O3. The topological polar surface area (TPSA) is 35.5 Å². The predicted octanol–water partition coefficient (Wildman–Crippen LogP) is 4.35. The van der Waals surface area contributed by atoms with Crippen molar-refractivity contribution < 1.29 is 14.3 Å². The third-order valence-electron chi connectivity index (χ3n) is 2.86. The van der Waals surface area contributed by atoms with E-state index < -0.39 is 0 Å². The van der Waals surface area contributed by atoms with Crippen molar-refractivity contribution in [1.29, 1.82) is 0 Å². The number of allylic oxidation sites excluding steroid dienone is 2. The van der Waals surface area contributed by atoms with Crippen LogP contribution in [0.1, 0.15) is 38.2 Å². The molecule has 0 atom stereocenters. The molecule has 0 saturated heterocycles. The summed E-state index contributed by atoms with van der Waals surface area (Å²) in [5.41, 5.74) is 2.10. The lowest BCUT2D eigenvalue weighted by Gasteiger charge is -2.10. The maximum atomic E-state index is 10.0. The fourth-order valence-electron chi connectivity index (χ4n) is 1.82. The summed E-state index contributed by atoms with van der Waals surface area (Å²) in [7, 11) is 0. The van der Waals surface area contributed by atoms with E-state index in [1.165, 1.54) is 0 Å². The molecule has 20 heavy (non-hydrogen) atoms. The summed E-state index contributed by atoms with van der Waals surface area (Å²) in [5, 5.41) is 0. The second kappa shape index (κ2) is 8.97. The van der Waals surface area contributed by atoms with E-state index in [-0.39, 0.29) is 0 Å². The van der Waals surface area contributed by atoms with Crippen LogP contribution in [0, 0.1) is 0 Å². The Morgan fingerprint density at radius 3 is 2.50 bits per heavy atom. The lowest BCUT2D eigenvalue weighted by atomic mass is 10.0. The third-order valence-corrected chi connectivity index (χ3v) is 2.86. The first-order chi connectivity index (χ1) is 9.67. The van der Waals surface area contributed by atoms with Crippen LogP contribution in [0.3, 0.4) is 0 Å². The zero-order valence-electron chi connectivity index (χ0n) is 12.1. The maximum absolute atomic E-state index is 10.0. The smallest absolute Gasteiger partial charge is 0.293 e. The van der Waals surface area contributed by atoms with Gasteiger partial charge in [-0.3, -0.25) is 4.79 Å². The maximum Gasteiger partial charge on any atom is 0.293 e. The molecule has 0 unspecified atom stereocenters. The van der Waals surface area contributed by atoms with Crippen LogP contribution in [0.25, 0.3) is 5.57 Å². The van der Waals surface area contributed by atoms with Crippen LogP contribution >= 0.6 is 0 Å². The van der Waals surface area contributed by atoms with E-state index in [4.69, 9.17) is 4.74 Å². The molecule has 0 radical (unpaired) electrons. The Bertz CT molecular complexity index is 446. The van der Waals surface area contributed by atoms with Gasteiger partial charge in [0.05, 0.1) is 12.4 Å². The average Bonchev–Trinajstić information content (AvgIpc) is 2.44. The molecule has 1 aromatic carbocycles. The number of benzene rings is 1. The SMILES string of the molecule is C=C(CCC)Oc1ccc(C(=C)CCCOC=O)cc1. The lowest BCUT2D eigenvalue weighted by Crippen LogP contribution is -1.94.